The van der Waals surface area contributed by atoms with E-state index in [9.17, 15) is 0 Å². The Hall–Kier alpha value is -0.760. The number of fused-ring (bicyclic) bond motifs is 1. The summed E-state index contributed by atoms with van der Waals surface area (Å²) >= 11 is 0. The van der Waals surface area contributed by atoms with Crippen molar-refractivity contribution in [3.05, 3.63) is 23.5 Å². The van der Waals surface area contributed by atoms with Gasteiger partial charge in [0.15, 0.2) is 0 Å². The quantitative estimate of drug-likeness (QED) is 0.771. The fourth-order valence-corrected chi connectivity index (χ4v) is 3.60. The standard InChI is InChI=1S/C14H22N2/c1-10-4-2-6-13(10)16-9-8-11-12(15)5-3-7-14(11)16/h8-10,12-13H,2-7,15H2,1H3. The molecule has 1 aromatic heterocycles. The van der Waals surface area contributed by atoms with E-state index in [1.165, 1.54) is 43.4 Å². The minimum absolute atomic E-state index is 0.293. The number of hydrogen-bond donors (Lipinski definition) is 1. The van der Waals surface area contributed by atoms with Crippen LogP contribution in [0.25, 0.3) is 0 Å². The minimum atomic E-state index is 0.293. The molecule has 0 radical (unpaired) electrons. The van der Waals surface area contributed by atoms with Crippen LogP contribution in [0, 0.1) is 5.92 Å². The van der Waals surface area contributed by atoms with Crippen LogP contribution in [0.15, 0.2) is 12.3 Å². The molecule has 16 heavy (non-hydrogen) atoms. The van der Waals surface area contributed by atoms with Crippen molar-refractivity contribution in [2.45, 2.75) is 57.5 Å². The molecule has 0 amide bonds. The molecule has 2 nitrogen and oxygen atoms in total. The van der Waals surface area contributed by atoms with Gasteiger partial charge < -0.3 is 10.3 Å². The first kappa shape index (κ1) is 10.4. The Labute approximate surface area is 97.8 Å². The summed E-state index contributed by atoms with van der Waals surface area (Å²) in [7, 11) is 0. The molecule has 1 saturated carbocycles. The summed E-state index contributed by atoms with van der Waals surface area (Å²) in [5.74, 6) is 0.842. The molecule has 0 aliphatic heterocycles. The largest absolute Gasteiger partial charge is 0.348 e. The van der Waals surface area contributed by atoms with Crippen molar-refractivity contribution in [3.8, 4) is 0 Å². The number of rotatable bonds is 1. The van der Waals surface area contributed by atoms with Gasteiger partial charge in [-0.2, -0.15) is 0 Å². The molecule has 0 saturated heterocycles. The molecular weight excluding hydrogens is 196 g/mol. The van der Waals surface area contributed by atoms with E-state index in [1.54, 1.807) is 0 Å². The lowest BCUT2D eigenvalue weighted by molar-refractivity contribution is 0.390. The predicted molar refractivity (Wildman–Crippen MR) is 66.4 cm³/mol. The summed E-state index contributed by atoms with van der Waals surface area (Å²) in [5, 5.41) is 0. The monoisotopic (exact) mass is 218 g/mol. The molecule has 3 unspecified atom stereocenters. The lowest BCUT2D eigenvalue weighted by Gasteiger charge is -2.25. The highest BCUT2D eigenvalue weighted by Gasteiger charge is 2.29. The van der Waals surface area contributed by atoms with Crippen molar-refractivity contribution in [2.75, 3.05) is 0 Å². The van der Waals surface area contributed by atoms with E-state index in [4.69, 9.17) is 5.73 Å². The summed E-state index contributed by atoms with van der Waals surface area (Å²) < 4.78 is 2.55. The fourth-order valence-electron chi connectivity index (χ4n) is 3.60. The first-order chi connectivity index (χ1) is 7.77. The zero-order valence-corrected chi connectivity index (χ0v) is 10.2. The molecule has 0 bridgehead atoms. The maximum absolute atomic E-state index is 6.18. The summed E-state index contributed by atoms with van der Waals surface area (Å²) in [5.41, 5.74) is 9.14. The van der Waals surface area contributed by atoms with Crippen LogP contribution in [-0.4, -0.2) is 4.57 Å². The van der Waals surface area contributed by atoms with Gasteiger partial charge in [0.25, 0.3) is 0 Å². The van der Waals surface area contributed by atoms with Gasteiger partial charge in [-0.1, -0.05) is 13.3 Å². The Bertz CT molecular complexity index is 380. The third-order valence-corrected chi connectivity index (χ3v) is 4.56. The highest BCUT2D eigenvalue weighted by Crippen LogP contribution is 2.39. The SMILES string of the molecule is CC1CCCC1n1ccc2c1CCCC2N. The van der Waals surface area contributed by atoms with Gasteiger partial charge in [0.05, 0.1) is 0 Å². The van der Waals surface area contributed by atoms with Crippen LogP contribution in [0.4, 0.5) is 0 Å². The molecule has 88 valence electrons. The van der Waals surface area contributed by atoms with Crippen molar-refractivity contribution in [3.63, 3.8) is 0 Å². The molecule has 2 N–H and O–H groups in total. The Balaban J connectivity index is 1.96. The van der Waals surface area contributed by atoms with Gasteiger partial charge in [0.1, 0.15) is 0 Å². The molecule has 3 rings (SSSR count). The molecule has 2 aliphatic carbocycles. The second-order valence-corrected chi connectivity index (χ2v) is 5.60. The molecule has 1 heterocycles. The molecular formula is C14H22N2. The van der Waals surface area contributed by atoms with E-state index in [2.05, 4.69) is 23.8 Å². The van der Waals surface area contributed by atoms with Crippen molar-refractivity contribution >= 4 is 0 Å². The van der Waals surface area contributed by atoms with Crippen LogP contribution in [0.1, 0.15) is 62.4 Å². The average Bonchev–Trinajstić information content (AvgIpc) is 2.84. The number of aromatic nitrogens is 1. The van der Waals surface area contributed by atoms with E-state index >= 15 is 0 Å². The summed E-state index contributed by atoms with van der Waals surface area (Å²) in [4.78, 5) is 0. The van der Waals surface area contributed by atoms with Crippen LogP contribution in [0.3, 0.4) is 0 Å². The highest BCUT2D eigenvalue weighted by molar-refractivity contribution is 5.29. The molecule has 0 aromatic carbocycles. The third-order valence-electron chi connectivity index (χ3n) is 4.56. The van der Waals surface area contributed by atoms with Crippen molar-refractivity contribution < 1.29 is 0 Å². The van der Waals surface area contributed by atoms with E-state index in [0.29, 0.717) is 6.04 Å². The summed E-state index contributed by atoms with van der Waals surface area (Å²) in [6.45, 7) is 2.40. The maximum Gasteiger partial charge on any atom is 0.0359 e. The van der Waals surface area contributed by atoms with Crippen molar-refractivity contribution in [1.82, 2.24) is 4.57 Å². The Morgan fingerprint density at radius 3 is 2.88 bits per heavy atom. The molecule has 1 aromatic rings. The fraction of sp³-hybridized carbons (Fsp3) is 0.714. The van der Waals surface area contributed by atoms with Gasteiger partial charge in [-0.05, 0) is 49.7 Å². The smallest absolute Gasteiger partial charge is 0.0359 e. The lowest BCUT2D eigenvalue weighted by Crippen LogP contribution is -2.20. The van der Waals surface area contributed by atoms with Crippen molar-refractivity contribution in [1.29, 1.82) is 0 Å². The van der Waals surface area contributed by atoms with Gasteiger partial charge in [-0.25, -0.2) is 0 Å². The van der Waals surface area contributed by atoms with E-state index in [-0.39, 0.29) is 0 Å². The minimum Gasteiger partial charge on any atom is -0.348 e. The van der Waals surface area contributed by atoms with Gasteiger partial charge in [-0.3, -0.25) is 0 Å². The average molecular weight is 218 g/mol. The molecule has 0 spiro atoms. The summed E-state index contributed by atoms with van der Waals surface area (Å²) in [6.07, 6.45) is 10.1. The predicted octanol–water partition coefficient (Wildman–Crippen LogP) is 3.19. The molecule has 3 atom stereocenters. The van der Waals surface area contributed by atoms with Gasteiger partial charge >= 0.3 is 0 Å². The molecule has 2 heteroatoms. The zero-order chi connectivity index (χ0) is 11.1. The second kappa shape index (κ2) is 3.92. The topological polar surface area (TPSA) is 30.9 Å². The summed E-state index contributed by atoms with van der Waals surface area (Å²) in [6, 6.07) is 3.31. The second-order valence-electron chi connectivity index (χ2n) is 5.60. The van der Waals surface area contributed by atoms with Crippen molar-refractivity contribution in [2.24, 2.45) is 11.7 Å². The Kier molecular flexibility index (Phi) is 2.55. The molecule has 2 aliphatic rings. The van der Waals surface area contributed by atoms with E-state index in [0.717, 1.165) is 18.4 Å². The van der Waals surface area contributed by atoms with Crippen LogP contribution in [-0.2, 0) is 6.42 Å². The lowest BCUT2D eigenvalue weighted by atomic mass is 9.93. The maximum atomic E-state index is 6.18. The highest BCUT2D eigenvalue weighted by atomic mass is 15.0. The number of hydrogen-bond acceptors (Lipinski definition) is 1. The Morgan fingerprint density at radius 1 is 1.25 bits per heavy atom. The van der Waals surface area contributed by atoms with Gasteiger partial charge in [0, 0.05) is 24.0 Å². The van der Waals surface area contributed by atoms with E-state index < -0.39 is 0 Å². The zero-order valence-electron chi connectivity index (χ0n) is 10.2. The van der Waals surface area contributed by atoms with Crippen LogP contribution in [0.2, 0.25) is 0 Å². The van der Waals surface area contributed by atoms with E-state index in [1.807, 2.05) is 0 Å². The number of nitrogens with zero attached hydrogens (tertiary/aromatic N) is 1. The van der Waals surface area contributed by atoms with Crippen LogP contribution in [0.5, 0.6) is 0 Å². The van der Waals surface area contributed by atoms with Crippen LogP contribution < -0.4 is 5.73 Å². The Morgan fingerprint density at radius 2 is 2.12 bits per heavy atom. The number of nitrogens with two attached hydrogens (primary N) is 1. The first-order valence-corrected chi connectivity index (χ1v) is 6.72. The third kappa shape index (κ3) is 1.51. The normalized spacial score (nSPS) is 34.0. The molecule has 1 fully saturated rings. The van der Waals surface area contributed by atoms with Crippen LogP contribution >= 0.6 is 0 Å². The first-order valence-electron chi connectivity index (χ1n) is 6.72. The van der Waals surface area contributed by atoms with Gasteiger partial charge in [0.2, 0.25) is 0 Å². The van der Waals surface area contributed by atoms with Gasteiger partial charge in [-0.15, -0.1) is 0 Å².